The molecule has 2 heterocycles. The fourth-order valence-corrected chi connectivity index (χ4v) is 3.07. The number of likely N-dealkylation sites (tertiary alicyclic amines) is 1. The molecule has 0 radical (unpaired) electrons. The molecule has 1 fully saturated rings. The highest BCUT2D eigenvalue weighted by atomic mass is 16.3. The second-order valence-electron chi connectivity index (χ2n) is 6.27. The lowest BCUT2D eigenvalue weighted by molar-refractivity contribution is -0.135. The van der Waals surface area contributed by atoms with Gasteiger partial charge in [0, 0.05) is 38.1 Å². The number of carbonyl (C=O) groups excluding carboxylic acids is 1. The van der Waals surface area contributed by atoms with Crippen LogP contribution >= 0.6 is 0 Å². The molecule has 1 aromatic heterocycles. The Balaban J connectivity index is 1.88. The molecule has 0 spiro atoms. The van der Waals surface area contributed by atoms with Gasteiger partial charge in [0.2, 0.25) is 5.91 Å². The number of aryl methyl sites for hydroxylation is 1. The highest BCUT2D eigenvalue weighted by Crippen LogP contribution is 2.20. The first-order valence-corrected chi connectivity index (χ1v) is 8.16. The molecular formula is C16H28N4O2. The van der Waals surface area contributed by atoms with Gasteiger partial charge in [-0.3, -0.25) is 4.79 Å². The van der Waals surface area contributed by atoms with E-state index in [9.17, 15) is 9.90 Å². The van der Waals surface area contributed by atoms with Crippen LogP contribution in [0.5, 0.6) is 0 Å². The zero-order valence-electron chi connectivity index (χ0n) is 13.9. The number of imidazole rings is 1. The van der Waals surface area contributed by atoms with Crippen molar-refractivity contribution in [2.24, 2.45) is 0 Å². The topological polar surface area (TPSA) is 61.6 Å². The van der Waals surface area contributed by atoms with Gasteiger partial charge in [-0.2, -0.15) is 0 Å². The predicted molar refractivity (Wildman–Crippen MR) is 85.4 cm³/mol. The minimum absolute atomic E-state index is 0.0238. The second-order valence-corrected chi connectivity index (χ2v) is 6.27. The van der Waals surface area contributed by atoms with Gasteiger partial charge in [0.15, 0.2) is 0 Å². The highest BCUT2D eigenvalue weighted by Gasteiger charge is 2.26. The Morgan fingerprint density at radius 1 is 1.45 bits per heavy atom. The van der Waals surface area contributed by atoms with Gasteiger partial charge in [-0.05, 0) is 33.4 Å². The molecule has 1 saturated heterocycles. The molecule has 1 unspecified atom stereocenters. The summed E-state index contributed by atoms with van der Waals surface area (Å²) in [7, 11) is 4.17. The van der Waals surface area contributed by atoms with E-state index in [1.165, 1.54) is 0 Å². The summed E-state index contributed by atoms with van der Waals surface area (Å²) in [6.07, 6.45) is 5.81. The van der Waals surface area contributed by atoms with Gasteiger partial charge in [-0.1, -0.05) is 6.92 Å². The molecule has 1 atom stereocenters. The Hall–Kier alpha value is -1.40. The smallest absolute Gasteiger partial charge is 0.225 e. The molecule has 1 aromatic rings. The standard InChI is InChI=1S/C16H28N4O2/c1-4-8-20-11-7-17-16(20)14(21)12-15(22)19-9-5-13(6-10-19)18(2)3/h7,11,13-14,21H,4-6,8-10,12H2,1-3H3. The van der Waals surface area contributed by atoms with E-state index in [4.69, 9.17) is 0 Å². The summed E-state index contributed by atoms with van der Waals surface area (Å²) in [6.45, 7) is 4.45. The molecule has 1 aliphatic heterocycles. The number of amides is 1. The van der Waals surface area contributed by atoms with Crippen LogP contribution in [0.4, 0.5) is 0 Å². The van der Waals surface area contributed by atoms with E-state index in [2.05, 4.69) is 30.9 Å². The summed E-state index contributed by atoms with van der Waals surface area (Å²) in [4.78, 5) is 20.7. The molecule has 0 aliphatic carbocycles. The number of carbonyl (C=O) groups is 1. The van der Waals surface area contributed by atoms with Crippen molar-refractivity contribution in [1.29, 1.82) is 0 Å². The number of aliphatic hydroxyl groups is 1. The van der Waals surface area contributed by atoms with Crippen molar-refractivity contribution >= 4 is 5.91 Å². The number of aliphatic hydroxyl groups excluding tert-OH is 1. The normalized spacial score (nSPS) is 18.0. The van der Waals surface area contributed by atoms with E-state index in [-0.39, 0.29) is 12.3 Å². The predicted octanol–water partition coefficient (Wildman–Crippen LogP) is 1.27. The molecule has 0 saturated carbocycles. The van der Waals surface area contributed by atoms with E-state index >= 15 is 0 Å². The van der Waals surface area contributed by atoms with E-state index in [0.29, 0.717) is 11.9 Å². The highest BCUT2D eigenvalue weighted by molar-refractivity contribution is 5.76. The maximum atomic E-state index is 12.4. The van der Waals surface area contributed by atoms with Crippen LogP contribution in [0.2, 0.25) is 0 Å². The number of rotatable bonds is 6. The van der Waals surface area contributed by atoms with Crippen LogP contribution in [0, 0.1) is 0 Å². The third kappa shape index (κ3) is 4.08. The fourth-order valence-electron chi connectivity index (χ4n) is 3.07. The van der Waals surface area contributed by atoms with Crippen molar-refractivity contribution in [3.05, 3.63) is 18.2 Å². The number of aromatic nitrogens is 2. The first-order chi connectivity index (χ1) is 10.5. The lowest BCUT2D eigenvalue weighted by Gasteiger charge is -2.35. The summed E-state index contributed by atoms with van der Waals surface area (Å²) in [5, 5.41) is 10.3. The molecule has 6 heteroatoms. The van der Waals surface area contributed by atoms with Gasteiger partial charge < -0.3 is 19.5 Å². The number of hydrogen-bond donors (Lipinski definition) is 1. The van der Waals surface area contributed by atoms with Crippen molar-refractivity contribution in [2.75, 3.05) is 27.2 Å². The van der Waals surface area contributed by atoms with Gasteiger partial charge in [0.05, 0.1) is 6.42 Å². The third-order valence-electron chi connectivity index (χ3n) is 4.43. The molecule has 1 aliphatic rings. The van der Waals surface area contributed by atoms with E-state index in [0.717, 1.165) is 38.9 Å². The Morgan fingerprint density at radius 2 is 2.14 bits per heavy atom. The average Bonchev–Trinajstić information content (AvgIpc) is 2.96. The summed E-state index contributed by atoms with van der Waals surface area (Å²) >= 11 is 0. The zero-order valence-corrected chi connectivity index (χ0v) is 13.9. The quantitative estimate of drug-likeness (QED) is 0.860. The van der Waals surface area contributed by atoms with Crippen LogP contribution in [-0.4, -0.2) is 63.6 Å². The van der Waals surface area contributed by atoms with Crippen molar-refractivity contribution in [3.63, 3.8) is 0 Å². The number of nitrogens with zero attached hydrogens (tertiary/aromatic N) is 4. The van der Waals surface area contributed by atoms with Gasteiger partial charge in [0.25, 0.3) is 0 Å². The van der Waals surface area contributed by atoms with E-state index < -0.39 is 6.10 Å². The lowest BCUT2D eigenvalue weighted by Crippen LogP contribution is -2.44. The average molecular weight is 308 g/mol. The van der Waals surface area contributed by atoms with Gasteiger partial charge >= 0.3 is 0 Å². The summed E-state index contributed by atoms with van der Waals surface area (Å²) < 4.78 is 1.93. The van der Waals surface area contributed by atoms with Gasteiger partial charge in [-0.15, -0.1) is 0 Å². The SMILES string of the molecule is CCCn1ccnc1C(O)CC(=O)N1CCC(N(C)C)CC1. The summed E-state index contributed by atoms with van der Waals surface area (Å²) in [6, 6.07) is 0.553. The zero-order chi connectivity index (χ0) is 16.1. The van der Waals surface area contributed by atoms with Crippen LogP contribution in [0.15, 0.2) is 12.4 Å². The minimum atomic E-state index is -0.819. The maximum Gasteiger partial charge on any atom is 0.225 e. The Labute approximate surface area is 132 Å². The Kier molecular flexibility index (Phi) is 5.97. The third-order valence-corrected chi connectivity index (χ3v) is 4.43. The maximum absolute atomic E-state index is 12.4. The molecule has 1 N–H and O–H groups in total. The molecule has 124 valence electrons. The first-order valence-electron chi connectivity index (χ1n) is 8.16. The van der Waals surface area contributed by atoms with E-state index in [1.54, 1.807) is 6.20 Å². The summed E-state index contributed by atoms with van der Waals surface area (Å²) in [5.41, 5.74) is 0. The molecule has 0 bridgehead atoms. The van der Waals surface area contributed by atoms with Crippen molar-refractivity contribution in [3.8, 4) is 0 Å². The minimum Gasteiger partial charge on any atom is -0.385 e. The largest absolute Gasteiger partial charge is 0.385 e. The Morgan fingerprint density at radius 3 is 2.73 bits per heavy atom. The van der Waals surface area contributed by atoms with Crippen LogP contribution in [0.25, 0.3) is 0 Å². The summed E-state index contributed by atoms with van der Waals surface area (Å²) in [5.74, 6) is 0.620. The molecule has 0 aromatic carbocycles. The fraction of sp³-hybridized carbons (Fsp3) is 0.750. The Bertz CT molecular complexity index is 478. The van der Waals surface area contributed by atoms with Crippen LogP contribution < -0.4 is 0 Å². The molecule has 6 nitrogen and oxygen atoms in total. The van der Waals surface area contributed by atoms with Crippen LogP contribution in [0.1, 0.15) is 44.5 Å². The number of hydrogen-bond acceptors (Lipinski definition) is 4. The van der Waals surface area contributed by atoms with Crippen LogP contribution in [0.3, 0.4) is 0 Å². The monoisotopic (exact) mass is 308 g/mol. The first kappa shape index (κ1) is 17.0. The molecule has 2 rings (SSSR count). The molecule has 22 heavy (non-hydrogen) atoms. The van der Waals surface area contributed by atoms with Crippen molar-refractivity contribution in [2.45, 2.75) is 51.3 Å². The van der Waals surface area contributed by atoms with E-state index in [1.807, 2.05) is 15.7 Å². The van der Waals surface area contributed by atoms with Gasteiger partial charge in [0.1, 0.15) is 11.9 Å². The lowest BCUT2D eigenvalue weighted by atomic mass is 10.0. The number of piperidine rings is 1. The molecular weight excluding hydrogens is 280 g/mol. The molecule has 1 amide bonds. The van der Waals surface area contributed by atoms with Crippen LogP contribution in [-0.2, 0) is 11.3 Å². The van der Waals surface area contributed by atoms with Crippen molar-refractivity contribution in [1.82, 2.24) is 19.4 Å². The van der Waals surface area contributed by atoms with Crippen molar-refractivity contribution < 1.29 is 9.90 Å². The second kappa shape index (κ2) is 7.74. The van der Waals surface area contributed by atoms with Gasteiger partial charge in [-0.25, -0.2) is 4.98 Å².